The van der Waals surface area contributed by atoms with Gasteiger partial charge in [0.2, 0.25) is 5.91 Å². The predicted octanol–water partition coefficient (Wildman–Crippen LogP) is 1.29. The fourth-order valence-electron chi connectivity index (χ4n) is 1.21. The van der Waals surface area contributed by atoms with Crippen LogP contribution >= 0.6 is 0 Å². The number of hydrogen-bond acceptors (Lipinski definition) is 4. The standard InChI is InChI=1S/C10H21NO4Si/c1-5-7-10(12)11-9-15-16(13-3,14-4)8-6-2/h5,7H,6,8-9H2,1-4H3,(H,11,12). The maximum atomic E-state index is 11.1. The van der Waals surface area contributed by atoms with Crippen molar-refractivity contribution in [1.82, 2.24) is 5.32 Å². The van der Waals surface area contributed by atoms with Crippen LogP contribution in [0.1, 0.15) is 20.3 Å². The summed E-state index contributed by atoms with van der Waals surface area (Å²) in [6.07, 6.45) is 4.02. The fraction of sp³-hybridized carbons (Fsp3) is 0.700. The molecule has 0 aromatic carbocycles. The van der Waals surface area contributed by atoms with E-state index in [-0.39, 0.29) is 12.6 Å². The molecule has 6 heteroatoms. The summed E-state index contributed by atoms with van der Waals surface area (Å²) < 4.78 is 16.1. The first kappa shape index (κ1) is 15.3. The third kappa shape index (κ3) is 5.41. The van der Waals surface area contributed by atoms with Gasteiger partial charge >= 0.3 is 8.80 Å². The van der Waals surface area contributed by atoms with E-state index in [0.717, 1.165) is 12.5 Å². The van der Waals surface area contributed by atoms with Crippen molar-refractivity contribution >= 4 is 14.7 Å². The van der Waals surface area contributed by atoms with E-state index in [1.165, 1.54) is 6.08 Å². The highest BCUT2D eigenvalue weighted by Gasteiger charge is 2.37. The predicted molar refractivity (Wildman–Crippen MR) is 63.8 cm³/mol. The maximum absolute atomic E-state index is 11.1. The molecule has 16 heavy (non-hydrogen) atoms. The SMILES string of the molecule is CC=CC(=O)NCO[Si](CCC)(OC)OC. The van der Waals surface area contributed by atoms with Gasteiger partial charge in [0, 0.05) is 20.3 Å². The first-order chi connectivity index (χ1) is 7.64. The van der Waals surface area contributed by atoms with E-state index in [1.807, 2.05) is 6.92 Å². The largest absolute Gasteiger partial charge is 0.501 e. The summed E-state index contributed by atoms with van der Waals surface area (Å²) >= 11 is 0. The minimum atomic E-state index is -2.57. The molecule has 0 saturated carbocycles. The Balaban J connectivity index is 4.06. The lowest BCUT2D eigenvalue weighted by molar-refractivity contribution is -0.117. The number of allylic oxidation sites excluding steroid dienone is 1. The number of nitrogens with one attached hydrogen (secondary N) is 1. The molecule has 0 unspecified atom stereocenters. The molecule has 5 nitrogen and oxygen atoms in total. The van der Waals surface area contributed by atoms with Gasteiger partial charge in [0.25, 0.3) is 0 Å². The highest BCUT2D eigenvalue weighted by molar-refractivity contribution is 6.60. The van der Waals surface area contributed by atoms with Crippen molar-refractivity contribution in [3.63, 3.8) is 0 Å². The topological polar surface area (TPSA) is 56.8 Å². The van der Waals surface area contributed by atoms with Crippen LogP contribution in [0.15, 0.2) is 12.2 Å². The monoisotopic (exact) mass is 247 g/mol. The van der Waals surface area contributed by atoms with Gasteiger partial charge in [0.1, 0.15) is 6.73 Å². The summed E-state index contributed by atoms with van der Waals surface area (Å²) in [7, 11) is 0.565. The summed E-state index contributed by atoms with van der Waals surface area (Å²) in [6, 6.07) is 0.736. The molecule has 0 bridgehead atoms. The Morgan fingerprint density at radius 2 is 2.00 bits per heavy atom. The molecule has 0 fully saturated rings. The van der Waals surface area contributed by atoms with Gasteiger partial charge in [-0.15, -0.1) is 0 Å². The van der Waals surface area contributed by atoms with Crippen molar-refractivity contribution in [3.8, 4) is 0 Å². The van der Waals surface area contributed by atoms with Crippen molar-refractivity contribution in [1.29, 1.82) is 0 Å². The number of amides is 1. The van der Waals surface area contributed by atoms with Crippen LogP contribution in [0.4, 0.5) is 0 Å². The molecule has 0 aliphatic rings. The number of carbonyl (C=O) groups is 1. The quantitative estimate of drug-likeness (QED) is 0.399. The molecule has 0 saturated heterocycles. The third-order valence-electron chi connectivity index (χ3n) is 2.03. The Bertz CT molecular complexity index is 229. The van der Waals surface area contributed by atoms with Crippen LogP contribution in [0.5, 0.6) is 0 Å². The molecule has 0 aromatic rings. The second kappa shape index (κ2) is 8.46. The van der Waals surface area contributed by atoms with Crippen molar-refractivity contribution in [2.45, 2.75) is 26.3 Å². The second-order valence-electron chi connectivity index (χ2n) is 3.17. The molecule has 1 N–H and O–H groups in total. The van der Waals surface area contributed by atoms with Crippen LogP contribution in [-0.4, -0.2) is 35.7 Å². The summed E-state index contributed by atoms with van der Waals surface area (Å²) in [6.45, 7) is 3.92. The Kier molecular flexibility index (Phi) is 8.09. The lowest BCUT2D eigenvalue weighted by Crippen LogP contribution is -2.46. The molecule has 0 aromatic heterocycles. The molecular weight excluding hydrogens is 226 g/mol. The van der Waals surface area contributed by atoms with Crippen LogP contribution in [0.2, 0.25) is 6.04 Å². The smallest absolute Gasteiger partial charge is 0.377 e. The van der Waals surface area contributed by atoms with Crippen molar-refractivity contribution in [3.05, 3.63) is 12.2 Å². The third-order valence-corrected chi connectivity index (χ3v) is 4.98. The van der Waals surface area contributed by atoms with Crippen LogP contribution < -0.4 is 5.32 Å². The highest BCUT2D eigenvalue weighted by Crippen LogP contribution is 2.14. The van der Waals surface area contributed by atoms with Crippen molar-refractivity contribution in [2.24, 2.45) is 0 Å². The number of hydrogen-bond donors (Lipinski definition) is 1. The highest BCUT2D eigenvalue weighted by atomic mass is 28.4. The zero-order valence-corrected chi connectivity index (χ0v) is 11.4. The minimum absolute atomic E-state index is 0.108. The average molecular weight is 247 g/mol. The van der Waals surface area contributed by atoms with Gasteiger partial charge in [-0.25, -0.2) is 0 Å². The van der Waals surface area contributed by atoms with Crippen molar-refractivity contribution < 1.29 is 18.1 Å². The van der Waals surface area contributed by atoms with Crippen LogP contribution in [0.3, 0.4) is 0 Å². The molecule has 0 heterocycles. The van der Waals surface area contributed by atoms with E-state index in [9.17, 15) is 4.79 Å². The normalized spacial score (nSPS) is 12.0. The van der Waals surface area contributed by atoms with Crippen LogP contribution in [-0.2, 0) is 18.1 Å². The number of carbonyl (C=O) groups excluding carboxylic acids is 1. The lowest BCUT2D eigenvalue weighted by Gasteiger charge is -2.25. The van der Waals surface area contributed by atoms with Gasteiger partial charge in [-0.3, -0.25) is 4.79 Å². The Morgan fingerprint density at radius 1 is 1.38 bits per heavy atom. The van der Waals surface area contributed by atoms with Gasteiger partial charge in [-0.05, 0) is 13.0 Å². The number of rotatable bonds is 8. The molecule has 0 aliphatic heterocycles. The molecule has 0 radical (unpaired) electrons. The average Bonchev–Trinajstić information content (AvgIpc) is 2.28. The molecule has 0 spiro atoms. The Labute approximate surface area is 98.1 Å². The van der Waals surface area contributed by atoms with E-state index < -0.39 is 8.80 Å². The zero-order chi connectivity index (χ0) is 12.4. The zero-order valence-electron chi connectivity index (χ0n) is 10.4. The summed E-state index contributed by atoms with van der Waals surface area (Å²) in [5.74, 6) is -0.186. The fourth-order valence-corrected chi connectivity index (χ4v) is 3.07. The Morgan fingerprint density at radius 3 is 2.44 bits per heavy atom. The van der Waals surface area contributed by atoms with E-state index in [0.29, 0.717) is 0 Å². The van der Waals surface area contributed by atoms with E-state index in [2.05, 4.69) is 5.32 Å². The van der Waals surface area contributed by atoms with Gasteiger partial charge in [-0.2, -0.15) is 0 Å². The first-order valence-electron chi connectivity index (χ1n) is 5.29. The second-order valence-corrected chi connectivity index (χ2v) is 6.14. The van der Waals surface area contributed by atoms with E-state index >= 15 is 0 Å². The molecule has 0 rings (SSSR count). The minimum Gasteiger partial charge on any atom is -0.377 e. The van der Waals surface area contributed by atoms with Gasteiger partial charge < -0.3 is 18.6 Å². The van der Waals surface area contributed by atoms with E-state index in [1.54, 1.807) is 27.2 Å². The summed E-state index contributed by atoms with van der Waals surface area (Å²) in [4.78, 5) is 11.1. The van der Waals surface area contributed by atoms with Crippen LogP contribution in [0, 0.1) is 0 Å². The summed E-state index contributed by atoms with van der Waals surface area (Å²) in [5, 5.41) is 2.59. The maximum Gasteiger partial charge on any atom is 0.501 e. The summed E-state index contributed by atoms with van der Waals surface area (Å²) in [5.41, 5.74) is 0. The molecular formula is C10H21NO4Si. The Hall–Kier alpha value is -0.693. The van der Waals surface area contributed by atoms with Gasteiger partial charge in [0.05, 0.1) is 0 Å². The van der Waals surface area contributed by atoms with Gasteiger partial charge in [0.15, 0.2) is 0 Å². The molecule has 94 valence electrons. The molecule has 1 amide bonds. The lowest BCUT2D eigenvalue weighted by atomic mass is 10.5. The van der Waals surface area contributed by atoms with Gasteiger partial charge in [-0.1, -0.05) is 19.4 Å². The molecule has 0 atom stereocenters. The first-order valence-corrected chi connectivity index (χ1v) is 7.22. The van der Waals surface area contributed by atoms with Crippen LogP contribution in [0.25, 0.3) is 0 Å². The van der Waals surface area contributed by atoms with E-state index in [4.69, 9.17) is 13.3 Å². The van der Waals surface area contributed by atoms with Crippen molar-refractivity contribution in [2.75, 3.05) is 21.0 Å². The molecule has 0 aliphatic carbocycles.